The van der Waals surface area contributed by atoms with Crippen LogP contribution in [0.25, 0.3) is 0 Å². The lowest BCUT2D eigenvalue weighted by atomic mass is 10.1. The van der Waals surface area contributed by atoms with Crippen LogP contribution in [0.2, 0.25) is 0 Å². The van der Waals surface area contributed by atoms with Gasteiger partial charge in [0.25, 0.3) is 0 Å². The van der Waals surface area contributed by atoms with Gasteiger partial charge in [-0.3, -0.25) is 5.43 Å². The van der Waals surface area contributed by atoms with Crippen LogP contribution in [0.5, 0.6) is 0 Å². The van der Waals surface area contributed by atoms with Gasteiger partial charge < -0.3 is 10.5 Å². The monoisotopic (exact) mass is 315 g/mol. The Morgan fingerprint density at radius 3 is 2.88 bits per heavy atom. The number of benzene rings is 1. The molecule has 7 heteroatoms. The first-order valence-electron chi connectivity index (χ1n) is 4.51. The molecule has 0 aliphatic carbocycles. The van der Waals surface area contributed by atoms with E-state index in [0.29, 0.717) is 10.0 Å². The molecule has 0 spiro atoms. The molecule has 1 rings (SSSR count). The van der Waals surface area contributed by atoms with Gasteiger partial charge in [0.15, 0.2) is 5.11 Å². The Bertz CT molecular complexity index is 477. The predicted molar refractivity (Wildman–Crippen MR) is 73.0 cm³/mol. The molecule has 0 radical (unpaired) electrons. The van der Waals surface area contributed by atoms with Crippen molar-refractivity contribution in [2.75, 3.05) is 7.11 Å². The third-order valence-electron chi connectivity index (χ3n) is 1.79. The molecule has 1 aromatic carbocycles. The maximum Gasteiger partial charge on any atom is 0.339 e. The summed E-state index contributed by atoms with van der Waals surface area (Å²) in [5.41, 5.74) is 8.87. The molecule has 0 heterocycles. The molecular weight excluding hydrogens is 306 g/mol. The lowest BCUT2D eigenvalue weighted by Crippen LogP contribution is -2.23. The molecule has 5 nitrogen and oxygen atoms in total. The van der Waals surface area contributed by atoms with E-state index in [1.54, 1.807) is 18.2 Å². The van der Waals surface area contributed by atoms with Gasteiger partial charge in [0, 0.05) is 4.47 Å². The summed E-state index contributed by atoms with van der Waals surface area (Å²) in [5, 5.41) is 3.89. The zero-order valence-electron chi connectivity index (χ0n) is 8.94. The molecule has 0 saturated carbocycles. The molecule has 1 aromatic rings. The number of hydrogen-bond donors (Lipinski definition) is 2. The van der Waals surface area contributed by atoms with Crippen LogP contribution in [0, 0.1) is 0 Å². The van der Waals surface area contributed by atoms with E-state index in [0.717, 1.165) is 5.56 Å². The second kappa shape index (κ2) is 6.31. The summed E-state index contributed by atoms with van der Waals surface area (Å²) in [7, 11) is 1.33. The number of nitrogens with zero attached hydrogens (tertiary/aromatic N) is 1. The van der Waals surface area contributed by atoms with Crippen LogP contribution in [0.1, 0.15) is 15.9 Å². The van der Waals surface area contributed by atoms with Gasteiger partial charge in [-0.1, -0.05) is 6.07 Å². The van der Waals surface area contributed by atoms with Crippen molar-refractivity contribution in [1.29, 1.82) is 0 Å². The summed E-state index contributed by atoms with van der Waals surface area (Å²) in [6.45, 7) is 0. The molecule has 0 aliphatic rings. The third kappa shape index (κ3) is 4.12. The maximum atomic E-state index is 11.3. The molecule has 0 aromatic heterocycles. The number of thiocarbonyl (C=S) groups is 1. The van der Waals surface area contributed by atoms with Crippen molar-refractivity contribution >= 4 is 45.4 Å². The number of esters is 1. The Labute approximate surface area is 112 Å². The average Bonchev–Trinajstić information content (AvgIpc) is 2.28. The summed E-state index contributed by atoms with van der Waals surface area (Å²) in [5.74, 6) is -0.401. The van der Waals surface area contributed by atoms with Crippen LogP contribution in [0.15, 0.2) is 27.8 Å². The van der Waals surface area contributed by atoms with Crippen molar-refractivity contribution in [2.24, 2.45) is 10.8 Å². The van der Waals surface area contributed by atoms with Gasteiger partial charge in [0.2, 0.25) is 0 Å². The van der Waals surface area contributed by atoms with Gasteiger partial charge in [-0.15, -0.1) is 0 Å². The van der Waals surface area contributed by atoms with Crippen molar-refractivity contribution in [3.05, 3.63) is 33.8 Å². The van der Waals surface area contributed by atoms with Gasteiger partial charge in [-0.05, 0) is 45.8 Å². The topological polar surface area (TPSA) is 76.7 Å². The quantitative estimate of drug-likeness (QED) is 0.381. The van der Waals surface area contributed by atoms with Gasteiger partial charge in [-0.2, -0.15) is 5.10 Å². The number of hydrogen-bond acceptors (Lipinski definition) is 4. The average molecular weight is 316 g/mol. The van der Waals surface area contributed by atoms with Crippen LogP contribution in [-0.2, 0) is 4.74 Å². The zero-order chi connectivity index (χ0) is 12.8. The van der Waals surface area contributed by atoms with E-state index in [1.807, 2.05) is 0 Å². The molecule has 17 heavy (non-hydrogen) atoms. The first-order valence-corrected chi connectivity index (χ1v) is 5.71. The molecule has 0 unspecified atom stereocenters. The Morgan fingerprint density at radius 2 is 2.35 bits per heavy atom. The Morgan fingerprint density at radius 1 is 1.65 bits per heavy atom. The predicted octanol–water partition coefficient (Wildman–Crippen LogP) is 1.40. The van der Waals surface area contributed by atoms with Gasteiger partial charge in [0.05, 0.1) is 18.9 Å². The Balaban J connectivity index is 2.85. The number of rotatable bonds is 3. The number of hydrazone groups is 1. The van der Waals surface area contributed by atoms with E-state index in [-0.39, 0.29) is 5.11 Å². The van der Waals surface area contributed by atoms with Gasteiger partial charge in [0.1, 0.15) is 0 Å². The third-order valence-corrected chi connectivity index (χ3v) is 2.53. The van der Waals surface area contributed by atoms with Crippen LogP contribution in [0.3, 0.4) is 0 Å². The standard InChI is InChI=1S/C10H10BrN3O2S/c1-16-9(15)7-3-2-6(4-8(7)11)5-13-14-10(12)17/h2-5H,1H3,(H3,12,14,17). The van der Waals surface area contributed by atoms with Crippen LogP contribution in [-0.4, -0.2) is 24.4 Å². The van der Waals surface area contributed by atoms with E-state index < -0.39 is 5.97 Å². The van der Waals surface area contributed by atoms with Gasteiger partial charge >= 0.3 is 5.97 Å². The minimum absolute atomic E-state index is 0.0893. The molecular formula is C10H10BrN3O2S. The van der Waals surface area contributed by atoms with E-state index in [1.165, 1.54) is 13.3 Å². The normalized spacial score (nSPS) is 10.2. The highest BCUT2D eigenvalue weighted by Gasteiger charge is 2.09. The summed E-state index contributed by atoms with van der Waals surface area (Å²) in [6, 6.07) is 5.09. The molecule has 0 aliphatic heterocycles. The highest BCUT2D eigenvalue weighted by Crippen LogP contribution is 2.18. The molecule has 0 bridgehead atoms. The van der Waals surface area contributed by atoms with Crippen molar-refractivity contribution < 1.29 is 9.53 Å². The van der Waals surface area contributed by atoms with Gasteiger partial charge in [-0.25, -0.2) is 4.79 Å². The Hall–Kier alpha value is -1.47. The number of carbonyl (C=O) groups is 1. The summed E-state index contributed by atoms with van der Waals surface area (Å²) in [6.07, 6.45) is 1.53. The maximum absolute atomic E-state index is 11.3. The fraction of sp³-hybridized carbons (Fsp3) is 0.100. The van der Waals surface area contributed by atoms with Crippen molar-refractivity contribution in [3.8, 4) is 0 Å². The summed E-state index contributed by atoms with van der Waals surface area (Å²) in [4.78, 5) is 11.3. The second-order valence-corrected chi connectivity index (χ2v) is 4.26. The molecule has 3 N–H and O–H groups in total. The SMILES string of the molecule is COC(=O)c1ccc(C=NNC(N)=S)cc1Br. The van der Waals surface area contributed by atoms with E-state index >= 15 is 0 Å². The number of nitrogens with one attached hydrogen (secondary N) is 1. The fourth-order valence-corrected chi connectivity index (χ4v) is 1.67. The molecule has 0 atom stereocenters. The summed E-state index contributed by atoms with van der Waals surface area (Å²) >= 11 is 7.87. The minimum atomic E-state index is -0.401. The number of halogens is 1. The van der Waals surface area contributed by atoms with Crippen molar-refractivity contribution in [3.63, 3.8) is 0 Å². The number of carbonyl (C=O) groups excluding carboxylic acids is 1. The summed E-state index contributed by atoms with van der Waals surface area (Å²) < 4.78 is 5.25. The number of methoxy groups -OCH3 is 1. The van der Waals surface area contributed by atoms with Crippen molar-refractivity contribution in [1.82, 2.24) is 5.43 Å². The molecule has 0 saturated heterocycles. The zero-order valence-corrected chi connectivity index (χ0v) is 11.3. The number of ether oxygens (including phenoxy) is 1. The first kappa shape index (κ1) is 13.6. The second-order valence-electron chi connectivity index (χ2n) is 2.97. The lowest BCUT2D eigenvalue weighted by Gasteiger charge is -2.03. The fourth-order valence-electron chi connectivity index (χ4n) is 1.06. The van der Waals surface area contributed by atoms with E-state index in [9.17, 15) is 4.79 Å². The highest BCUT2D eigenvalue weighted by atomic mass is 79.9. The van der Waals surface area contributed by atoms with E-state index in [2.05, 4.69) is 43.4 Å². The van der Waals surface area contributed by atoms with Crippen LogP contribution < -0.4 is 11.2 Å². The van der Waals surface area contributed by atoms with Crippen LogP contribution >= 0.6 is 28.1 Å². The smallest absolute Gasteiger partial charge is 0.339 e. The minimum Gasteiger partial charge on any atom is -0.465 e. The lowest BCUT2D eigenvalue weighted by molar-refractivity contribution is 0.0599. The van der Waals surface area contributed by atoms with E-state index in [4.69, 9.17) is 5.73 Å². The first-order chi connectivity index (χ1) is 8.04. The van der Waals surface area contributed by atoms with Crippen molar-refractivity contribution in [2.45, 2.75) is 0 Å². The highest BCUT2D eigenvalue weighted by molar-refractivity contribution is 9.10. The molecule has 0 amide bonds. The van der Waals surface area contributed by atoms with Crippen LogP contribution in [0.4, 0.5) is 0 Å². The molecule has 0 fully saturated rings. The Kier molecular flexibility index (Phi) is 5.05. The number of nitrogens with two attached hydrogens (primary N) is 1. The largest absolute Gasteiger partial charge is 0.465 e. The molecule has 90 valence electrons.